The predicted octanol–water partition coefficient (Wildman–Crippen LogP) is 3.95. The molecule has 1 atom stereocenters. The summed E-state index contributed by atoms with van der Waals surface area (Å²) in [4.78, 5) is 0. The molecule has 6 heteroatoms. The summed E-state index contributed by atoms with van der Waals surface area (Å²) >= 11 is 11.8. The van der Waals surface area contributed by atoms with E-state index in [2.05, 4.69) is 6.92 Å². The molecule has 1 saturated heterocycles. The quantitative estimate of drug-likeness (QED) is 0.835. The summed E-state index contributed by atoms with van der Waals surface area (Å²) in [5.74, 6) is 0.465. The zero-order valence-electron chi connectivity index (χ0n) is 11.5. The first-order valence-electron chi connectivity index (χ1n) is 6.84. The maximum atomic E-state index is 12.5. The van der Waals surface area contributed by atoms with E-state index in [4.69, 9.17) is 23.2 Å². The second-order valence-corrected chi connectivity index (χ2v) is 8.06. The van der Waals surface area contributed by atoms with Crippen molar-refractivity contribution in [3.8, 4) is 0 Å². The van der Waals surface area contributed by atoms with Crippen LogP contribution in [0.3, 0.4) is 0 Å². The largest absolute Gasteiger partial charge is 0.218 e. The van der Waals surface area contributed by atoms with E-state index in [0.717, 1.165) is 19.3 Å². The van der Waals surface area contributed by atoms with Gasteiger partial charge < -0.3 is 0 Å². The van der Waals surface area contributed by atoms with Crippen LogP contribution in [0.25, 0.3) is 0 Å². The van der Waals surface area contributed by atoms with E-state index in [9.17, 15) is 8.42 Å². The van der Waals surface area contributed by atoms with Gasteiger partial charge in [-0.05, 0) is 36.5 Å². The van der Waals surface area contributed by atoms with Crippen molar-refractivity contribution in [3.63, 3.8) is 0 Å². The third kappa shape index (κ3) is 3.88. The van der Waals surface area contributed by atoms with Crippen LogP contribution >= 0.6 is 23.2 Å². The van der Waals surface area contributed by atoms with Gasteiger partial charge in [-0.3, -0.25) is 0 Å². The van der Waals surface area contributed by atoms with Crippen molar-refractivity contribution in [2.45, 2.75) is 31.9 Å². The van der Waals surface area contributed by atoms with Gasteiger partial charge in [-0.15, -0.1) is 0 Å². The van der Waals surface area contributed by atoms with Gasteiger partial charge in [-0.25, -0.2) is 12.7 Å². The number of piperidine rings is 1. The lowest BCUT2D eigenvalue weighted by Crippen LogP contribution is -2.40. The highest BCUT2D eigenvalue weighted by Gasteiger charge is 2.28. The molecule has 0 spiro atoms. The lowest BCUT2D eigenvalue weighted by molar-refractivity contribution is 0.261. The predicted molar refractivity (Wildman–Crippen MR) is 83.7 cm³/mol. The maximum Gasteiger partial charge on any atom is 0.218 e. The Labute approximate surface area is 130 Å². The maximum absolute atomic E-state index is 12.5. The van der Waals surface area contributed by atoms with Crippen molar-refractivity contribution in [1.82, 2.24) is 4.31 Å². The molecular weight excluding hydrogens is 317 g/mol. The highest BCUT2D eigenvalue weighted by atomic mass is 35.5. The van der Waals surface area contributed by atoms with Crippen LogP contribution in [0.4, 0.5) is 0 Å². The first-order chi connectivity index (χ1) is 9.42. The molecule has 0 aliphatic carbocycles. The Morgan fingerprint density at radius 2 is 2.05 bits per heavy atom. The normalized spacial score (nSPS) is 21.1. The third-order valence-corrected chi connectivity index (χ3v) is 6.34. The Bertz CT molecular complexity index is 575. The molecule has 20 heavy (non-hydrogen) atoms. The number of halogens is 2. The van der Waals surface area contributed by atoms with Gasteiger partial charge in [-0.1, -0.05) is 42.6 Å². The Kier molecular flexibility index (Phi) is 5.35. The molecule has 0 radical (unpaired) electrons. The fourth-order valence-electron chi connectivity index (χ4n) is 2.54. The lowest BCUT2D eigenvalue weighted by Gasteiger charge is -2.31. The fourth-order valence-corrected chi connectivity index (χ4v) is 4.49. The Hall–Kier alpha value is -0.290. The molecule has 1 unspecified atom stereocenters. The zero-order chi connectivity index (χ0) is 14.8. The molecule has 0 bridgehead atoms. The van der Waals surface area contributed by atoms with Crippen LogP contribution < -0.4 is 0 Å². The number of hydrogen-bond donors (Lipinski definition) is 0. The van der Waals surface area contributed by atoms with Crippen LogP contribution in [0.2, 0.25) is 10.0 Å². The minimum atomic E-state index is -3.28. The van der Waals surface area contributed by atoms with Crippen molar-refractivity contribution in [2.75, 3.05) is 13.1 Å². The van der Waals surface area contributed by atoms with Gasteiger partial charge in [0.15, 0.2) is 0 Å². The van der Waals surface area contributed by atoms with Crippen LogP contribution in [0.5, 0.6) is 0 Å². The van der Waals surface area contributed by atoms with E-state index in [1.54, 1.807) is 22.5 Å². The minimum Gasteiger partial charge on any atom is -0.212 e. The molecule has 1 aromatic rings. The monoisotopic (exact) mass is 335 g/mol. The first kappa shape index (κ1) is 16.1. The molecule has 1 aromatic carbocycles. The third-order valence-electron chi connectivity index (χ3n) is 3.79. The Morgan fingerprint density at radius 3 is 2.70 bits per heavy atom. The molecule has 0 N–H and O–H groups in total. The SMILES string of the molecule is CCC1CCCN(S(=O)(=O)Cc2ccc(Cl)c(Cl)c2)C1. The summed E-state index contributed by atoms with van der Waals surface area (Å²) in [6.45, 7) is 3.38. The van der Waals surface area contributed by atoms with E-state index in [0.29, 0.717) is 34.6 Å². The summed E-state index contributed by atoms with van der Waals surface area (Å²) in [5.41, 5.74) is 0.679. The van der Waals surface area contributed by atoms with E-state index in [1.807, 2.05) is 0 Å². The molecule has 0 aromatic heterocycles. The molecule has 0 amide bonds. The molecule has 2 rings (SSSR count). The summed E-state index contributed by atoms with van der Waals surface area (Å²) in [7, 11) is -3.28. The van der Waals surface area contributed by atoms with Crippen molar-refractivity contribution in [3.05, 3.63) is 33.8 Å². The zero-order valence-corrected chi connectivity index (χ0v) is 13.8. The van der Waals surface area contributed by atoms with Crippen molar-refractivity contribution >= 4 is 33.2 Å². The molecule has 0 saturated carbocycles. The van der Waals surface area contributed by atoms with E-state index in [-0.39, 0.29) is 5.75 Å². The van der Waals surface area contributed by atoms with E-state index in [1.165, 1.54) is 0 Å². The summed E-state index contributed by atoms with van der Waals surface area (Å²) in [5, 5.41) is 0.835. The van der Waals surface area contributed by atoms with Gasteiger partial charge >= 0.3 is 0 Å². The van der Waals surface area contributed by atoms with Gasteiger partial charge in [0.05, 0.1) is 15.8 Å². The van der Waals surface area contributed by atoms with Crippen LogP contribution in [-0.4, -0.2) is 25.8 Å². The van der Waals surface area contributed by atoms with Gasteiger partial charge in [0, 0.05) is 13.1 Å². The lowest BCUT2D eigenvalue weighted by atomic mass is 9.97. The number of nitrogens with zero attached hydrogens (tertiary/aromatic N) is 1. The molecule has 1 fully saturated rings. The van der Waals surface area contributed by atoms with Gasteiger partial charge in [0.2, 0.25) is 10.0 Å². The molecule has 1 heterocycles. The smallest absolute Gasteiger partial charge is 0.212 e. The highest BCUT2D eigenvalue weighted by Crippen LogP contribution is 2.26. The Balaban J connectivity index is 2.12. The van der Waals surface area contributed by atoms with Crippen LogP contribution in [0.1, 0.15) is 31.7 Å². The molecule has 112 valence electrons. The molecule has 1 aliphatic rings. The Morgan fingerprint density at radius 1 is 1.30 bits per heavy atom. The molecule has 1 aliphatic heterocycles. The molecule has 3 nitrogen and oxygen atoms in total. The summed E-state index contributed by atoms with van der Waals surface area (Å²) in [6.07, 6.45) is 3.09. The van der Waals surface area contributed by atoms with E-state index < -0.39 is 10.0 Å². The number of benzene rings is 1. The fraction of sp³-hybridized carbons (Fsp3) is 0.571. The van der Waals surface area contributed by atoms with E-state index >= 15 is 0 Å². The second-order valence-electron chi connectivity index (χ2n) is 5.28. The minimum absolute atomic E-state index is 0.0136. The standard InChI is InChI=1S/C14H19Cl2NO2S/c1-2-11-4-3-7-17(9-11)20(18,19)10-12-5-6-13(15)14(16)8-12/h5-6,8,11H,2-4,7,9-10H2,1H3. The number of hydrogen-bond acceptors (Lipinski definition) is 2. The van der Waals surface area contributed by atoms with Gasteiger partial charge in [0.25, 0.3) is 0 Å². The average Bonchev–Trinajstić information content (AvgIpc) is 2.43. The highest BCUT2D eigenvalue weighted by molar-refractivity contribution is 7.88. The van der Waals surface area contributed by atoms with Crippen molar-refractivity contribution < 1.29 is 8.42 Å². The van der Waals surface area contributed by atoms with Crippen molar-refractivity contribution in [2.24, 2.45) is 5.92 Å². The second kappa shape index (κ2) is 6.65. The van der Waals surface area contributed by atoms with Gasteiger partial charge in [0.1, 0.15) is 0 Å². The first-order valence-corrected chi connectivity index (χ1v) is 9.20. The van der Waals surface area contributed by atoms with Crippen LogP contribution in [-0.2, 0) is 15.8 Å². The topological polar surface area (TPSA) is 37.4 Å². The van der Waals surface area contributed by atoms with Crippen LogP contribution in [0, 0.1) is 5.92 Å². The van der Waals surface area contributed by atoms with Gasteiger partial charge in [-0.2, -0.15) is 0 Å². The summed E-state index contributed by atoms with van der Waals surface area (Å²) < 4.78 is 26.5. The summed E-state index contributed by atoms with van der Waals surface area (Å²) in [6, 6.07) is 4.98. The molecular formula is C14H19Cl2NO2S. The van der Waals surface area contributed by atoms with Crippen molar-refractivity contribution in [1.29, 1.82) is 0 Å². The average molecular weight is 336 g/mol. The van der Waals surface area contributed by atoms with Crippen LogP contribution in [0.15, 0.2) is 18.2 Å². The number of sulfonamides is 1. The number of rotatable bonds is 4.